The molecule has 1 spiro atoms. The van der Waals surface area contributed by atoms with Gasteiger partial charge in [-0.3, -0.25) is 9.58 Å². The number of nitrogen functional groups attached to an aromatic ring is 1. The van der Waals surface area contributed by atoms with Crippen LogP contribution in [0.2, 0.25) is 0 Å². The number of benzene rings is 1. The molecule has 4 fully saturated rings. The minimum absolute atomic E-state index is 0.0328. The van der Waals surface area contributed by atoms with Gasteiger partial charge in [0.2, 0.25) is 5.95 Å². The fraction of sp³-hybridized carbons (Fsp3) is 0.593. The summed E-state index contributed by atoms with van der Waals surface area (Å²) in [5.74, 6) is -0.720. The Bertz CT molecular complexity index is 1380. The quantitative estimate of drug-likeness (QED) is 0.464. The number of nitrogens with two attached hydrogens (primary N) is 1. The van der Waals surface area contributed by atoms with Crippen LogP contribution in [0.1, 0.15) is 36.8 Å². The molecule has 2 aromatic heterocycles. The first kappa shape index (κ1) is 24.0. The van der Waals surface area contributed by atoms with Crippen LogP contribution in [0.4, 0.5) is 20.5 Å². The van der Waals surface area contributed by atoms with E-state index >= 15 is 0 Å². The number of nitrogens with one attached hydrogen (secondary N) is 1. The monoisotopic (exact) mass is 524 g/mol. The maximum absolute atomic E-state index is 13.6. The van der Waals surface area contributed by atoms with E-state index in [2.05, 4.69) is 55.4 Å². The minimum atomic E-state index is -2.48. The number of halogens is 2. The van der Waals surface area contributed by atoms with E-state index in [9.17, 15) is 8.78 Å². The number of anilines is 2. The van der Waals surface area contributed by atoms with Crippen molar-refractivity contribution in [3.8, 4) is 5.75 Å². The van der Waals surface area contributed by atoms with Gasteiger partial charge in [-0.05, 0) is 43.9 Å². The maximum atomic E-state index is 13.6. The van der Waals surface area contributed by atoms with Gasteiger partial charge in [-0.2, -0.15) is 10.1 Å². The van der Waals surface area contributed by atoms with Crippen LogP contribution in [-0.2, 0) is 13.1 Å². The van der Waals surface area contributed by atoms with E-state index in [1.807, 2.05) is 4.68 Å². The van der Waals surface area contributed by atoms with Crippen LogP contribution in [0.5, 0.6) is 5.75 Å². The van der Waals surface area contributed by atoms with Crippen LogP contribution < -0.4 is 15.8 Å². The number of aromatic nitrogens is 4. The Morgan fingerprint density at radius 2 is 1.97 bits per heavy atom. The van der Waals surface area contributed by atoms with Gasteiger partial charge >= 0.3 is 0 Å². The van der Waals surface area contributed by atoms with E-state index in [0.29, 0.717) is 49.3 Å². The number of likely N-dealkylation sites (tertiary alicyclic amines) is 2. The SMILES string of the molecule is COc1cc(CN2CC3CC2CN3C)ccc1Cn1ncc2nc(N)nc(NCC3CC4(C3)CC4(F)F)c21. The molecule has 38 heavy (non-hydrogen) atoms. The average molecular weight is 525 g/mol. The number of ether oxygens (including phenoxy) is 1. The van der Waals surface area contributed by atoms with Crippen molar-refractivity contribution in [2.75, 3.05) is 44.8 Å². The molecule has 7 rings (SSSR count). The molecule has 4 aliphatic rings. The Labute approximate surface area is 220 Å². The molecule has 0 amide bonds. The van der Waals surface area contributed by atoms with Crippen LogP contribution in [0, 0.1) is 11.3 Å². The third kappa shape index (κ3) is 3.89. The van der Waals surface area contributed by atoms with Crippen LogP contribution in [0.25, 0.3) is 11.0 Å². The molecule has 2 unspecified atom stereocenters. The summed E-state index contributed by atoms with van der Waals surface area (Å²) in [5, 5.41) is 7.92. The fourth-order valence-corrected chi connectivity index (χ4v) is 7.07. The molecule has 2 aliphatic carbocycles. The number of hydrogen-bond donors (Lipinski definition) is 2. The zero-order valence-corrected chi connectivity index (χ0v) is 21.8. The number of likely N-dealkylation sites (N-methyl/N-ethyl adjacent to an activating group) is 1. The van der Waals surface area contributed by atoms with E-state index in [1.165, 1.54) is 12.0 Å². The second-order valence-corrected chi connectivity index (χ2v) is 11.8. The van der Waals surface area contributed by atoms with Gasteiger partial charge in [0.15, 0.2) is 5.82 Å². The molecule has 9 nitrogen and oxygen atoms in total. The van der Waals surface area contributed by atoms with Crippen molar-refractivity contribution in [2.24, 2.45) is 11.3 Å². The van der Waals surface area contributed by atoms with Crippen LogP contribution >= 0.6 is 0 Å². The Balaban J connectivity index is 1.08. The number of hydrogen-bond acceptors (Lipinski definition) is 8. The van der Waals surface area contributed by atoms with E-state index in [4.69, 9.17) is 10.5 Å². The molecule has 2 saturated carbocycles. The summed E-state index contributed by atoms with van der Waals surface area (Å²) in [4.78, 5) is 13.8. The van der Waals surface area contributed by atoms with Crippen LogP contribution in [-0.4, -0.2) is 81.3 Å². The van der Waals surface area contributed by atoms with E-state index in [0.717, 1.165) is 36.5 Å². The maximum Gasteiger partial charge on any atom is 0.254 e. The minimum Gasteiger partial charge on any atom is -0.496 e. The Morgan fingerprint density at radius 3 is 2.66 bits per heavy atom. The smallest absolute Gasteiger partial charge is 0.254 e. The number of piperazine rings is 1. The lowest BCUT2D eigenvalue weighted by atomic mass is 9.71. The standard InChI is InChI=1S/C27H34F2N8O/c1-35-13-20-6-19(35)14-36(20)11-16-3-4-18(22(5-16)38-2)12-37-23-21(10-32-37)33-25(30)34-24(23)31-9-17-7-26(8-17)15-27(26,28)29/h3-5,10,17,19-20H,6-9,11-15H2,1-2H3,(H3,30,31,33,34). The lowest BCUT2D eigenvalue weighted by molar-refractivity contribution is 0.00528. The van der Waals surface area contributed by atoms with Crippen molar-refractivity contribution < 1.29 is 13.5 Å². The van der Waals surface area contributed by atoms with Gasteiger partial charge in [0.05, 0.1) is 19.9 Å². The predicted octanol–water partition coefficient (Wildman–Crippen LogP) is 3.20. The van der Waals surface area contributed by atoms with Gasteiger partial charge in [-0.15, -0.1) is 0 Å². The van der Waals surface area contributed by atoms with Gasteiger partial charge in [0.25, 0.3) is 5.92 Å². The Morgan fingerprint density at radius 1 is 1.16 bits per heavy atom. The molecule has 2 aliphatic heterocycles. The van der Waals surface area contributed by atoms with Crippen LogP contribution in [0.3, 0.4) is 0 Å². The van der Waals surface area contributed by atoms with Crippen molar-refractivity contribution in [3.63, 3.8) is 0 Å². The molecule has 0 radical (unpaired) electrons. The zero-order chi connectivity index (χ0) is 26.2. The van der Waals surface area contributed by atoms with Gasteiger partial charge < -0.3 is 20.7 Å². The topological polar surface area (TPSA) is 97.4 Å². The van der Waals surface area contributed by atoms with Gasteiger partial charge in [0, 0.05) is 55.7 Å². The molecular weight excluding hydrogens is 490 g/mol. The number of nitrogens with zero attached hydrogens (tertiary/aromatic N) is 6. The molecule has 4 heterocycles. The number of fused-ring (bicyclic) bond motifs is 3. The predicted molar refractivity (Wildman–Crippen MR) is 140 cm³/mol. The van der Waals surface area contributed by atoms with Gasteiger partial charge in [-0.25, -0.2) is 13.8 Å². The zero-order valence-electron chi connectivity index (χ0n) is 21.8. The summed E-state index contributed by atoms with van der Waals surface area (Å²) in [6.45, 7) is 4.23. The Kier molecular flexibility index (Phi) is 5.36. The summed E-state index contributed by atoms with van der Waals surface area (Å²) < 4.78 is 34.8. The first-order chi connectivity index (χ1) is 18.2. The molecular formula is C27H34F2N8O. The van der Waals surface area contributed by atoms with E-state index in [-0.39, 0.29) is 18.3 Å². The Hall–Kier alpha value is -3.05. The number of methoxy groups -OCH3 is 1. The lowest BCUT2D eigenvalue weighted by Gasteiger charge is -2.36. The third-order valence-corrected chi connectivity index (χ3v) is 9.32. The molecule has 3 N–H and O–H groups in total. The van der Waals surface area contributed by atoms with Crippen molar-refractivity contribution in [2.45, 2.75) is 56.8 Å². The second-order valence-electron chi connectivity index (χ2n) is 11.8. The van der Waals surface area contributed by atoms with Gasteiger partial charge in [0.1, 0.15) is 16.8 Å². The van der Waals surface area contributed by atoms with Crippen molar-refractivity contribution >= 4 is 22.8 Å². The second kappa shape index (κ2) is 8.47. The fourth-order valence-electron chi connectivity index (χ4n) is 7.07. The van der Waals surface area contributed by atoms with Gasteiger partial charge in [-0.1, -0.05) is 12.1 Å². The number of rotatable bonds is 8. The largest absolute Gasteiger partial charge is 0.496 e. The normalized spacial score (nSPS) is 29.7. The highest BCUT2D eigenvalue weighted by atomic mass is 19.3. The van der Waals surface area contributed by atoms with Crippen molar-refractivity contribution in [1.82, 2.24) is 29.5 Å². The molecule has 2 atom stereocenters. The van der Waals surface area contributed by atoms with Crippen LogP contribution in [0.15, 0.2) is 24.4 Å². The van der Waals surface area contributed by atoms with Crippen molar-refractivity contribution in [3.05, 3.63) is 35.5 Å². The third-order valence-electron chi connectivity index (χ3n) is 9.32. The average Bonchev–Trinajstić information content (AvgIpc) is 3.24. The highest BCUT2D eigenvalue weighted by Crippen LogP contribution is 2.72. The summed E-state index contributed by atoms with van der Waals surface area (Å²) in [6.07, 6.45) is 4.08. The summed E-state index contributed by atoms with van der Waals surface area (Å²) in [5.41, 5.74) is 8.85. The summed E-state index contributed by atoms with van der Waals surface area (Å²) >= 11 is 0. The molecule has 11 heteroatoms. The highest BCUT2D eigenvalue weighted by molar-refractivity contribution is 5.86. The lowest BCUT2D eigenvalue weighted by Crippen LogP contribution is -2.43. The molecule has 3 aromatic rings. The first-order valence-corrected chi connectivity index (χ1v) is 13.4. The molecule has 2 bridgehead atoms. The summed E-state index contributed by atoms with van der Waals surface area (Å²) in [7, 11) is 3.92. The number of alkyl halides is 2. The highest BCUT2D eigenvalue weighted by Gasteiger charge is 2.75. The van der Waals surface area contributed by atoms with E-state index < -0.39 is 11.3 Å². The summed E-state index contributed by atoms with van der Waals surface area (Å²) in [6, 6.07) is 7.72. The van der Waals surface area contributed by atoms with Crippen molar-refractivity contribution in [1.29, 1.82) is 0 Å². The molecule has 1 aromatic carbocycles. The van der Waals surface area contributed by atoms with E-state index in [1.54, 1.807) is 13.3 Å². The molecule has 2 saturated heterocycles. The first-order valence-electron chi connectivity index (χ1n) is 13.4. The molecule has 202 valence electrons.